The molecule has 0 radical (unpaired) electrons. The number of nitrogens with one attached hydrogen (secondary N) is 2. The fourth-order valence-corrected chi connectivity index (χ4v) is 2.40. The summed E-state index contributed by atoms with van der Waals surface area (Å²) in [7, 11) is 0. The molecule has 114 valence electrons. The fraction of sp³-hybridized carbons (Fsp3) is 0.0625. The predicted molar refractivity (Wildman–Crippen MR) is 82.5 cm³/mol. The summed E-state index contributed by atoms with van der Waals surface area (Å²) in [6.45, 7) is -0.0103. The standard InChI is InChI=1S/C16H11N3O4/c20-14-8-22-13-6-5-9(7-11(13)18-14)17-16(21)15-10-3-1-2-4-12(10)23-19-15/h1-7H,8H2,(H,17,21)(H,18,20). The molecule has 0 saturated heterocycles. The van der Waals surface area contributed by atoms with Crippen LogP contribution in [0.2, 0.25) is 0 Å². The molecule has 4 rings (SSSR count). The Balaban J connectivity index is 1.62. The van der Waals surface area contributed by atoms with E-state index < -0.39 is 5.91 Å². The van der Waals surface area contributed by atoms with Crippen molar-refractivity contribution in [2.24, 2.45) is 0 Å². The van der Waals surface area contributed by atoms with E-state index in [1.54, 1.807) is 36.4 Å². The minimum absolute atomic E-state index is 0.0103. The summed E-state index contributed by atoms with van der Waals surface area (Å²) >= 11 is 0. The highest BCUT2D eigenvalue weighted by atomic mass is 16.5. The van der Waals surface area contributed by atoms with Crippen LogP contribution in [-0.2, 0) is 4.79 Å². The summed E-state index contributed by atoms with van der Waals surface area (Å²) in [5.41, 5.74) is 1.79. The Hall–Kier alpha value is -3.35. The molecule has 0 atom stereocenters. The Morgan fingerprint density at radius 2 is 2.09 bits per heavy atom. The molecular formula is C16H11N3O4. The third-order valence-electron chi connectivity index (χ3n) is 3.46. The molecule has 0 aliphatic carbocycles. The van der Waals surface area contributed by atoms with Crippen molar-refractivity contribution in [2.45, 2.75) is 0 Å². The summed E-state index contributed by atoms with van der Waals surface area (Å²) in [6.07, 6.45) is 0. The number of carbonyl (C=O) groups is 2. The van der Waals surface area contributed by atoms with Crippen LogP contribution >= 0.6 is 0 Å². The number of hydrogen-bond acceptors (Lipinski definition) is 5. The zero-order valence-electron chi connectivity index (χ0n) is 11.8. The Labute approximate surface area is 130 Å². The number of hydrogen-bond donors (Lipinski definition) is 2. The molecule has 0 bridgehead atoms. The Kier molecular flexibility index (Phi) is 2.97. The number of para-hydroxylation sites is 1. The molecule has 7 heteroatoms. The van der Waals surface area contributed by atoms with Gasteiger partial charge in [0.05, 0.1) is 11.1 Å². The molecule has 1 aromatic heterocycles. The molecule has 0 saturated carbocycles. The normalized spacial score (nSPS) is 13.1. The lowest BCUT2D eigenvalue weighted by Crippen LogP contribution is -2.25. The van der Waals surface area contributed by atoms with E-state index in [0.717, 1.165) is 0 Å². The molecule has 0 spiro atoms. The maximum absolute atomic E-state index is 12.4. The fourth-order valence-electron chi connectivity index (χ4n) is 2.40. The van der Waals surface area contributed by atoms with Gasteiger partial charge < -0.3 is 19.9 Å². The van der Waals surface area contributed by atoms with Crippen molar-refractivity contribution in [3.8, 4) is 5.75 Å². The summed E-state index contributed by atoms with van der Waals surface area (Å²) in [5, 5.41) is 9.87. The van der Waals surface area contributed by atoms with Crippen molar-refractivity contribution in [1.29, 1.82) is 0 Å². The Bertz CT molecular complexity index is 932. The molecular weight excluding hydrogens is 298 g/mol. The molecule has 2 amide bonds. The zero-order chi connectivity index (χ0) is 15.8. The quantitative estimate of drug-likeness (QED) is 0.758. The lowest BCUT2D eigenvalue weighted by atomic mass is 10.2. The van der Waals surface area contributed by atoms with Crippen molar-refractivity contribution in [1.82, 2.24) is 5.16 Å². The van der Waals surface area contributed by atoms with Gasteiger partial charge in [0.2, 0.25) is 0 Å². The summed E-state index contributed by atoms with van der Waals surface area (Å²) in [4.78, 5) is 23.7. The highest BCUT2D eigenvalue weighted by Gasteiger charge is 2.19. The van der Waals surface area contributed by atoms with Gasteiger partial charge in [0.25, 0.3) is 11.8 Å². The number of benzene rings is 2. The van der Waals surface area contributed by atoms with E-state index in [9.17, 15) is 9.59 Å². The third kappa shape index (κ3) is 2.38. The largest absolute Gasteiger partial charge is 0.482 e. The van der Waals surface area contributed by atoms with E-state index in [-0.39, 0.29) is 18.2 Å². The van der Waals surface area contributed by atoms with Gasteiger partial charge in [-0.15, -0.1) is 0 Å². The first-order valence-corrected chi connectivity index (χ1v) is 6.93. The Morgan fingerprint density at radius 3 is 3.00 bits per heavy atom. The molecule has 0 fully saturated rings. The molecule has 23 heavy (non-hydrogen) atoms. The molecule has 2 aromatic carbocycles. The van der Waals surface area contributed by atoms with Crippen LogP contribution in [-0.4, -0.2) is 23.6 Å². The van der Waals surface area contributed by atoms with Gasteiger partial charge in [-0.05, 0) is 30.3 Å². The van der Waals surface area contributed by atoms with Gasteiger partial charge in [0.15, 0.2) is 17.9 Å². The number of amides is 2. The van der Waals surface area contributed by atoms with Crippen LogP contribution in [0.5, 0.6) is 5.75 Å². The van der Waals surface area contributed by atoms with Crippen LogP contribution < -0.4 is 15.4 Å². The average molecular weight is 309 g/mol. The molecule has 1 aliphatic rings. The van der Waals surface area contributed by atoms with Gasteiger partial charge in [-0.1, -0.05) is 17.3 Å². The number of anilines is 2. The summed E-state index contributed by atoms with van der Waals surface area (Å²) in [5.74, 6) is -0.0593. The predicted octanol–water partition coefficient (Wildman–Crippen LogP) is 2.41. The van der Waals surface area contributed by atoms with Crippen LogP contribution in [0.4, 0.5) is 11.4 Å². The average Bonchev–Trinajstić information content (AvgIpc) is 2.98. The minimum atomic E-state index is -0.391. The molecule has 3 aromatic rings. The molecule has 2 N–H and O–H groups in total. The van der Waals surface area contributed by atoms with Crippen LogP contribution in [0.3, 0.4) is 0 Å². The number of carbonyl (C=O) groups excluding carboxylic acids is 2. The van der Waals surface area contributed by atoms with Crippen molar-refractivity contribution < 1.29 is 18.8 Å². The van der Waals surface area contributed by atoms with Crippen molar-refractivity contribution >= 4 is 34.2 Å². The van der Waals surface area contributed by atoms with E-state index in [0.29, 0.717) is 28.1 Å². The van der Waals surface area contributed by atoms with E-state index in [1.807, 2.05) is 6.07 Å². The number of aromatic nitrogens is 1. The van der Waals surface area contributed by atoms with Crippen molar-refractivity contribution in [2.75, 3.05) is 17.2 Å². The smallest absolute Gasteiger partial charge is 0.278 e. The topological polar surface area (TPSA) is 93.5 Å². The van der Waals surface area contributed by atoms with Crippen LogP contribution in [0, 0.1) is 0 Å². The van der Waals surface area contributed by atoms with Gasteiger partial charge in [-0.3, -0.25) is 9.59 Å². The number of fused-ring (bicyclic) bond motifs is 2. The SMILES string of the molecule is O=C1COc2ccc(NC(=O)c3noc4ccccc34)cc2N1. The second-order valence-electron chi connectivity index (χ2n) is 5.03. The second-order valence-corrected chi connectivity index (χ2v) is 5.03. The maximum atomic E-state index is 12.4. The maximum Gasteiger partial charge on any atom is 0.278 e. The number of ether oxygens (including phenoxy) is 1. The Morgan fingerprint density at radius 1 is 1.22 bits per heavy atom. The molecule has 7 nitrogen and oxygen atoms in total. The van der Waals surface area contributed by atoms with Crippen LogP contribution in [0.1, 0.15) is 10.5 Å². The van der Waals surface area contributed by atoms with E-state index >= 15 is 0 Å². The minimum Gasteiger partial charge on any atom is -0.482 e. The van der Waals surface area contributed by atoms with Gasteiger partial charge in [-0.25, -0.2) is 0 Å². The lowest BCUT2D eigenvalue weighted by Gasteiger charge is -2.18. The lowest BCUT2D eigenvalue weighted by molar-refractivity contribution is -0.118. The van der Waals surface area contributed by atoms with Crippen molar-refractivity contribution in [3.63, 3.8) is 0 Å². The van der Waals surface area contributed by atoms with Gasteiger partial charge >= 0.3 is 0 Å². The van der Waals surface area contributed by atoms with Crippen molar-refractivity contribution in [3.05, 3.63) is 48.2 Å². The van der Waals surface area contributed by atoms with Gasteiger partial charge in [0, 0.05) is 5.69 Å². The molecule has 0 unspecified atom stereocenters. The van der Waals surface area contributed by atoms with Gasteiger partial charge in [0.1, 0.15) is 5.75 Å². The number of rotatable bonds is 2. The van der Waals surface area contributed by atoms with Gasteiger partial charge in [-0.2, -0.15) is 0 Å². The summed E-state index contributed by atoms with van der Waals surface area (Å²) in [6, 6.07) is 12.1. The number of nitrogens with zero attached hydrogens (tertiary/aromatic N) is 1. The highest BCUT2D eigenvalue weighted by Crippen LogP contribution is 2.30. The van der Waals surface area contributed by atoms with E-state index in [1.165, 1.54) is 0 Å². The monoisotopic (exact) mass is 309 g/mol. The zero-order valence-corrected chi connectivity index (χ0v) is 11.8. The molecule has 1 aliphatic heterocycles. The summed E-state index contributed by atoms with van der Waals surface area (Å²) < 4.78 is 10.4. The molecule has 2 heterocycles. The first-order valence-electron chi connectivity index (χ1n) is 6.93. The van der Waals surface area contributed by atoms with Crippen LogP contribution in [0.15, 0.2) is 47.0 Å². The first-order chi connectivity index (χ1) is 11.2. The first kappa shape index (κ1) is 13.3. The van der Waals surface area contributed by atoms with Crippen LogP contribution in [0.25, 0.3) is 11.0 Å². The second kappa shape index (κ2) is 5.13. The van der Waals surface area contributed by atoms with E-state index in [4.69, 9.17) is 9.26 Å². The third-order valence-corrected chi connectivity index (χ3v) is 3.46. The van der Waals surface area contributed by atoms with E-state index in [2.05, 4.69) is 15.8 Å². The highest BCUT2D eigenvalue weighted by molar-refractivity contribution is 6.11.